The summed E-state index contributed by atoms with van der Waals surface area (Å²) in [6, 6.07) is 12.2. The van der Waals surface area contributed by atoms with Crippen molar-refractivity contribution >= 4 is 15.8 Å². The molecule has 0 bridgehead atoms. The lowest BCUT2D eigenvalue weighted by atomic mass is 9.90. The van der Waals surface area contributed by atoms with Gasteiger partial charge in [-0.15, -0.1) is 0 Å². The summed E-state index contributed by atoms with van der Waals surface area (Å²) in [4.78, 5) is 15.6. The second-order valence-corrected chi connectivity index (χ2v) is 13.4. The Hall–Kier alpha value is -3.59. The summed E-state index contributed by atoms with van der Waals surface area (Å²) in [6.07, 6.45) is 4.26. The maximum absolute atomic E-state index is 11.8. The number of pyridine rings is 1. The third-order valence-electron chi connectivity index (χ3n) is 8.23. The number of benzene rings is 2. The van der Waals surface area contributed by atoms with Crippen molar-refractivity contribution in [2.24, 2.45) is 0 Å². The van der Waals surface area contributed by atoms with Crippen LogP contribution in [0.4, 0.5) is 0 Å². The number of aryl methyl sites for hydroxylation is 2. The molecule has 1 saturated heterocycles. The van der Waals surface area contributed by atoms with Crippen molar-refractivity contribution in [2.75, 3.05) is 18.1 Å². The van der Waals surface area contributed by atoms with Crippen molar-refractivity contribution in [3.05, 3.63) is 70.4 Å². The molecule has 6 rings (SSSR count). The Morgan fingerprint density at radius 2 is 1.80 bits per heavy atom. The van der Waals surface area contributed by atoms with Gasteiger partial charge in [0.25, 0.3) is 0 Å². The van der Waals surface area contributed by atoms with Crippen molar-refractivity contribution in [2.45, 2.75) is 64.1 Å². The van der Waals surface area contributed by atoms with Gasteiger partial charge in [0.2, 0.25) is 5.88 Å². The molecule has 1 fully saturated rings. The van der Waals surface area contributed by atoms with Gasteiger partial charge in [0.05, 0.1) is 24.5 Å². The molecular weight excluding hydrogens is 530 g/mol. The van der Waals surface area contributed by atoms with Gasteiger partial charge in [0.1, 0.15) is 23.7 Å². The molecule has 1 aromatic heterocycles. The molecule has 1 N–H and O–H groups in total. The number of nitrogens with zero attached hydrogens (tertiary/aromatic N) is 1. The molecule has 8 nitrogen and oxygen atoms in total. The van der Waals surface area contributed by atoms with E-state index in [9.17, 15) is 13.2 Å². The Morgan fingerprint density at radius 3 is 2.52 bits per heavy atom. The van der Waals surface area contributed by atoms with Crippen LogP contribution in [0, 0.1) is 13.8 Å². The van der Waals surface area contributed by atoms with E-state index >= 15 is 0 Å². The predicted octanol–water partition coefficient (Wildman–Crippen LogP) is 5.34. The number of rotatable bonds is 7. The number of aromatic nitrogens is 1. The number of aliphatic carboxylic acids is 1. The smallest absolute Gasteiger partial charge is 0.304 e. The Kier molecular flexibility index (Phi) is 6.94. The van der Waals surface area contributed by atoms with Crippen LogP contribution >= 0.6 is 0 Å². The van der Waals surface area contributed by atoms with E-state index < -0.39 is 15.8 Å². The van der Waals surface area contributed by atoms with Gasteiger partial charge in [-0.3, -0.25) is 4.79 Å². The van der Waals surface area contributed by atoms with Crippen LogP contribution in [0.1, 0.15) is 65.5 Å². The second kappa shape index (κ2) is 10.4. The van der Waals surface area contributed by atoms with Gasteiger partial charge in [-0.1, -0.05) is 18.2 Å². The van der Waals surface area contributed by atoms with Gasteiger partial charge in [0.15, 0.2) is 9.84 Å². The first kappa shape index (κ1) is 26.6. The number of ether oxygens (including phenoxy) is 3. The Balaban J connectivity index is 1.21. The van der Waals surface area contributed by atoms with Gasteiger partial charge in [-0.25, -0.2) is 13.4 Å². The molecule has 210 valence electrons. The van der Waals surface area contributed by atoms with Crippen LogP contribution in [0.5, 0.6) is 17.4 Å². The third kappa shape index (κ3) is 5.27. The van der Waals surface area contributed by atoms with Crippen LogP contribution in [0.15, 0.2) is 42.6 Å². The third-order valence-corrected chi connectivity index (χ3v) is 9.94. The number of hydrogen-bond donors (Lipinski definition) is 1. The summed E-state index contributed by atoms with van der Waals surface area (Å²) in [5, 5.41) is 9.15. The first-order valence-corrected chi connectivity index (χ1v) is 15.6. The van der Waals surface area contributed by atoms with Crippen molar-refractivity contribution in [1.82, 2.24) is 4.98 Å². The molecular formula is C31H33NO7S. The topological polar surface area (TPSA) is 112 Å². The molecule has 1 aliphatic carbocycles. The highest BCUT2D eigenvalue weighted by atomic mass is 32.2. The standard InChI is InChI=1S/C31H33NO7S/c1-18-12-22(38-21-8-10-40(35,36)11-9-21)13-19(2)31(18)25-5-3-4-24-23(25)6-7-27(24)39-29-15-28-26(16-32-29)20(17-37-28)14-30(33)34/h3-5,12-13,15-16,20-21,27H,6-11,14,17H2,1-2H3,(H,33,34)/t20-,27?/m1/s1. The van der Waals surface area contributed by atoms with Crippen LogP contribution in [0.3, 0.4) is 0 Å². The van der Waals surface area contributed by atoms with Crippen LogP contribution in [0.25, 0.3) is 11.1 Å². The lowest BCUT2D eigenvalue weighted by Crippen LogP contribution is -2.30. The SMILES string of the molecule is Cc1cc(OC2CCS(=O)(=O)CC2)cc(C)c1-c1cccc2c1CCC2Oc1cc2c(cn1)[C@H](CC(=O)O)CO2. The predicted molar refractivity (Wildman–Crippen MR) is 150 cm³/mol. The van der Waals surface area contributed by atoms with Crippen molar-refractivity contribution in [1.29, 1.82) is 0 Å². The van der Waals surface area contributed by atoms with Gasteiger partial charge in [0, 0.05) is 23.7 Å². The average molecular weight is 564 g/mol. The number of carbonyl (C=O) groups is 1. The highest BCUT2D eigenvalue weighted by molar-refractivity contribution is 7.91. The molecule has 9 heteroatoms. The Morgan fingerprint density at radius 1 is 1.05 bits per heavy atom. The van der Waals surface area contributed by atoms with E-state index in [2.05, 4.69) is 49.2 Å². The molecule has 0 amide bonds. The monoisotopic (exact) mass is 563 g/mol. The average Bonchev–Trinajstić information content (AvgIpc) is 3.49. The van der Waals surface area contributed by atoms with E-state index in [4.69, 9.17) is 19.3 Å². The zero-order chi connectivity index (χ0) is 28.0. The normalized spacial score (nSPS) is 21.4. The van der Waals surface area contributed by atoms with Crippen LogP contribution < -0.4 is 14.2 Å². The Bertz CT molecular complexity index is 1550. The minimum atomic E-state index is -2.93. The molecule has 3 aromatic rings. The molecule has 3 heterocycles. The Labute approximate surface area is 234 Å². The molecule has 2 aromatic carbocycles. The number of carboxylic acid groups (broad SMARTS) is 1. The second-order valence-electron chi connectivity index (χ2n) is 11.1. The number of hydrogen-bond acceptors (Lipinski definition) is 7. The van der Waals surface area contributed by atoms with Crippen LogP contribution in [-0.4, -0.2) is 48.7 Å². The van der Waals surface area contributed by atoms with E-state index in [1.165, 1.54) is 16.7 Å². The fraction of sp³-hybridized carbons (Fsp3) is 0.419. The van der Waals surface area contributed by atoms with Crippen LogP contribution in [-0.2, 0) is 21.1 Å². The summed E-state index contributed by atoms with van der Waals surface area (Å²) >= 11 is 0. The summed E-state index contributed by atoms with van der Waals surface area (Å²) in [6.45, 7) is 4.53. The quantitative estimate of drug-likeness (QED) is 0.410. The van der Waals surface area contributed by atoms with Crippen LogP contribution in [0.2, 0.25) is 0 Å². The van der Waals surface area contributed by atoms with Crippen molar-refractivity contribution in [3.8, 4) is 28.5 Å². The number of carboxylic acids is 1. The van der Waals surface area contributed by atoms with E-state index in [0.717, 1.165) is 40.8 Å². The number of fused-ring (bicyclic) bond motifs is 2. The summed E-state index contributed by atoms with van der Waals surface area (Å²) < 4.78 is 41.8. The zero-order valence-corrected chi connectivity index (χ0v) is 23.5. The van der Waals surface area contributed by atoms with Gasteiger partial charge in [-0.05, 0) is 85.0 Å². The lowest BCUT2D eigenvalue weighted by molar-refractivity contribution is -0.137. The minimum absolute atomic E-state index is 0.0184. The maximum atomic E-state index is 11.8. The molecule has 3 aliphatic rings. The molecule has 0 spiro atoms. The summed E-state index contributed by atoms with van der Waals surface area (Å²) in [5.74, 6) is 1.24. The van der Waals surface area contributed by atoms with Gasteiger partial charge < -0.3 is 19.3 Å². The van der Waals surface area contributed by atoms with Gasteiger partial charge in [-0.2, -0.15) is 0 Å². The molecule has 0 saturated carbocycles. The molecule has 40 heavy (non-hydrogen) atoms. The minimum Gasteiger partial charge on any atom is -0.492 e. The largest absolute Gasteiger partial charge is 0.492 e. The molecule has 1 unspecified atom stereocenters. The first-order chi connectivity index (χ1) is 19.2. The lowest BCUT2D eigenvalue weighted by Gasteiger charge is -2.24. The van der Waals surface area contributed by atoms with Crippen molar-refractivity contribution in [3.63, 3.8) is 0 Å². The van der Waals surface area contributed by atoms with E-state index in [0.29, 0.717) is 31.1 Å². The maximum Gasteiger partial charge on any atom is 0.304 e. The molecule has 0 radical (unpaired) electrons. The number of sulfone groups is 1. The van der Waals surface area contributed by atoms with Gasteiger partial charge >= 0.3 is 5.97 Å². The highest BCUT2D eigenvalue weighted by Crippen LogP contribution is 2.43. The summed E-state index contributed by atoms with van der Waals surface area (Å²) in [7, 11) is -2.93. The highest BCUT2D eigenvalue weighted by Gasteiger charge is 2.31. The van der Waals surface area contributed by atoms with E-state index in [1.807, 2.05) is 0 Å². The van der Waals surface area contributed by atoms with E-state index in [-0.39, 0.29) is 36.1 Å². The summed E-state index contributed by atoms with van der Waals surface area (Å²) in [5.41, 5.74) is 7.83. The fourth-order valence-corrected chi connectivity index (χ4v) is 7.75. The van der Waals surface area contributed by atoms with Crippen molar-refractivity contribution < 1.29 is 32.5 Å². The van der Waals surface area contributed by atoms with E-state index in [1.54, 1.807) is 12.3 Å². The molecule has 2 atom stereocenters. The fourth-order valence-electron chi connectivity index (χ4n) is 6.30. The first-order valence-electron chi connectivity index (χ1n) is 13.8. The zero-order valence-electron chi connectivity index (χ0n) is 22.7. The molecule has 2 aliphatic heterocycles.